The van der Waals surface area contributed by atoms with Gasteiger partial charge in [0.05, 0.1) is 5.92 Å². The van der Waals surface area contributed by atoms with Crippen LogP contribution in [-0.4, -0.2) is 32.1 Å². The van der Waals surface area contributed by atoms with Crippen molar-refractivity contribution in [3.8, 4) is 0 Å². The molecule has 8 nitrogen and oxygen atoms in total. The zero-order valence-electron chi connectivity index (χ0n) is 13.0. The molecule has 0 aliphatic rings. The third-order valence-electron chi connectivity index (χ3n) is 3.20. The maximum atomic E-state index is 11.3. The first-order chi connectivity index (χ1) is 9.53. The average molecular weight is 298 g/mol. The van der Waals surface area contributed by atoms with E-state index in [1.807, 2.05) is 20.8 Å². The summed E-state index contributed by atoms with van der Waals surface area (Å²) >= 11 is 0. The molecule has 2 N–H and O–H groups in total. The number of imidazole rings is 1. The number of carboxylic acids is 1. The second-order valence-electron chi connectivity index (χ2n) is 6.33. The smallest absolute Gasteiger partial charge is 0.406 e. The zero-order valence-corrected chi connectivity index (χ0v) is 13.0. The molecule has 118 valence electrons. The summed E-state index contributed by atoms with van der Waals surface area (Å²) in [5.74, 6) is -1.10. The summed E-state index contributed by atoms with van der Waals surface area (Å²) in [5.41, 5.74) is -0.140. The summed E-state index contributed by atoms with van der Waals surface area (Å²) in [6.07, 6.45) is 0.472. The number of carbonyl (C=O) groups is 1. The molecular formula is C13H22N4O4. The van der Waals surface area contributed by atoms with E-state index in [0.717, 1.165) is 0 Å². The highest BCUT2D eigenvalue weighted by Gasteiger charge is 2.28. The second-order valence-corrected chi connectivity index (χ2v) is 6.33. The van der Waals surface area contributed by atoms with E-state index in [9.17, 15) is 20.0 Å². The minimum atomic E-state index is -0.918. The molecule has 1 unspecified atom stereocenters. The molecule has 0 spiro atoms. The van der Waals surface area contributed by atoms with E-state index in [-0.39, 0.29) is 23.6 Å². The van der Waals surface area contributed by atoms with E-state index in [0.29, 0.717) is 12.2 Å². The Morgan fingerprint density at radius 1 is 1.52 bits per heavy atom. The van der Waals surface area contributed by atoms with Crippen molar-refractivity contribution < 1.29 is 14.8 Å². The Bertz CT molecular complexity index is 545. The third kappa shape index (κ3) is 4.44. The van der Waals surface area contributed by atoms with Crippen LogP contribution in [0.15, 0.2) is 0 Å². The minimum Gasteiger partial charge on any atom is -0.481 e. The highest BCUT2D eigenvalue weighted by molar-refractivity contribution is 5.71. The summed E-state index contributed by atoms with van der Waals surface area (Å²) in [6, 6.07) is 0. The number of carboxylic acid groups (broad SMARTS) is 1. The number of aryl methyl sites for hydroxylation is 1. The van der Waals surface area contributed by atoms with E-state index in [1.165, 1.54) is 0 Å². The molecule has 1 heterocycles. The maximum absolute atomic E-state index is 11.3. The SMILES string of the molecule is Cc1nc([N+](=O)[O-])c(NCC(CC(C)(C)C)C(=O)O)n1C. The molecule has 0 saturated heterocycles. The molecule has 0 amide bonds. The first-order valence-electron chi connectivity index (χ1n) is 6.67. The van der Waals surface area contributed by atoms with Crippen molar-refractivity contribution in [3.05, 3.63) is 15.9 Å². The topological polar surface area (TPSA) is 110 Å². The fourth-order valence-electron chi connectivity index (χ4n) is 2.12. The Morgan fingerprint density at radius 3 is 2.52 bits per heavy atom. The van der Waals surface area contributed by atoms with Gasteiger partial charge in [-0.3, -0.25) is 9.36 Å². The largest absolute Gasteiger partial charge is 0.481 e. The van der Waals surface area contributed by atoms with Gasteiger partial charge >= 0.3 is 11.8 Å². The lowest BCUT2D eigenvalue weighted by molar-refractivity contribution is -0.388. The first kappa shape index (κ1) is 16.9. The van der Waals surface area contributed by atoms with Crippen LogP contribution in [0.4, 0.5) is 11.6 Å². The highest BCUT2D eigenvalue weighted by Crippen LogP contribution is 2.27. The Kier molecular flexibility index (Phi) is 4.93. The Labute approximate surface area is 123 Å². The number of hydrogen-bond acceptors (Lipinski definition) is 5. The summed E-state index contributed by atoms with van der Waals surface area (Å²) in [5, 5.41) is 23.1. The molecule has 0 radical (unpaired) electrons. The number of hydrogen-bond donors (Lipinski definition) is 2. The predicted molar refractivity (Wildman–Crippen MR) is 78.3 cm³/mol. The summed E-state index contributed by atoms with van der Waals surface area (Å²) in [7, 11) is 1.65. The fourth-order valence-corrected chi connectivity index (χ4v) is 2.12. The summed E-state index contributed by atoms with van der Waals surface area (Å²) in [6.45, 7) is 7.65. The molecule has 0 bridgehead atoms. The van der Waals surface area contributed by atoms with Gasteiger partial charge in [0.2, 0.25) is 11.6 Å². The molecule has 0 fully saturated rings. The van der Waals surface area contributed by atoms with Crippen molar-refractivity contribution in [2.45, 2.75) is 34.1 Å². The summed E-state index contributed by atoms with van der Waals surface area (Å²) < 4.78 is 1.55. The van der Waals surface area contributed by atoms with E-state index in [2.05, 4.69) is 10.3 Å². The van der Waals surface area contributed by atoms with Crippen molar-refractivity contribution in [1.82, 2.24) is 9.55 Å². The quantitative estimate of drug-likeness (QED) is 0.615. The lowest BCUT2D eigenvalue weighted by atomic mass is 9.84. The molecule has 0 aromatic carbocycles. The predicted octanol–water partition coefficient (Wildman–Crippen LogP) is 2.19. The molecular weight excluding hydrogens is 276 g/mol. The molecule has 0 aliphatic heterocycles. The van der Waals surface area contributed by atoms with Crippen LogP contribution >= 0.6 is 0 Å². The number of anilines is 1. The fraction of sp³-hybridized carbons (Fsp3) is 0.692. The van der Waals surface area contributed by atoms with Crippen LogP contribution in [0, 0.1) is 28.4 Å². The minimum absolute atomic E-state index is 0.117. The van der Waals surface area contributed by atoms with Gasteiger partial charge in [-0.15, -0.1) is 0 Å². The van der Waals surface area contributed by atoms with Crippen LogP contribution in [0.25, 0.3) is 0 Å². The van der Waals surface area contributed by atoms with Crippen LogP contribution in [0.5, 0.6) is 0 Å². The van der Waals surface area contributed by atoms with Gasteiger partial charge < -0.3 is 20.5 Å². The van der Waals surface area contributed by atoms with Crippen molar-refractivity contribution in [2.24, 2.45) is 18.4 Å². The van der Waals surface area contributed by atoms with E-state index < -0.39 is 16.8 Å². The lowest BCUT2D eigenvalue weighted by Crippen LogP contribution is -2.28. The molecule has 0 aliphatic carbocycles. The van der Waals surface area contributed by atoms with Gasteiger partial charge in [0.15, 0.2) is 0 Å². The molecule has 1 aromatic rings. The standard InChI is InChI=1S/C13H22N4O4/c1-8-15-11(17(20)21)10(16(8)5)14-7-9(12(18)19)6-13(2,3)4/h9,14H,6-7H2,1-5H3,(H,18,19). The van der Waals surface area contributed by atoms with Crippen molar-refractivity contribution in [2.75, 3.05) is 11.9 Å². The molecule has 1 atom stereocenters. The van der Waals surface area contributed by atoms with Gasteiger partial charge in [0.25, 0.3) is 0 Å². The molecule has 0 saturated carbocycles. The van der Waals surface area contributed by atoms with E-state index in [1.54, 1.807) is 18.5 Å². The number of nitro groups is 1. The zero-order chi connectivity index (χ0) is 16.4. The molecule has 1 rings (SSSR count). The number of nitrogens with zero attached hydrogens (tertiary/aromatic N) is 3. The van der Waals surface area contributed by atoms with Crippen molar-refractivity contribution in [1.29, 1.82) is 0 Å². The van der Waals surface area contributed by atoms with Crippen LogP contribution in [-0.2, 0) is 11.8 Å². The average Bonchev–Trinajstić information content (AvgIpc) is 2.60. The molecule has 1 aromatic heterocycles. The van der Waals surface area contributed by atoms with Crippen molar-refractivity contribution in [3.63, 3.8) is 0 Å². The van der Waals surface area contributed by atoms with E-state index >= 15 is 0 Å². The highest BCUT2D eigenvalue weighted by atomic mass is 16.6. The van der Waals surface area contributed by atoms with Gasteiger partial charge in [-0.1, -0.05) is 20.8 Å². The Morgan fingerprint density at radius 2 is 2.10 bits per heavy atom. The first-order valence-corrected chi connectivity index (χ1v) is 6.67. The van der Waals surface area contributed by atoms with Crippen LogP contribution in [0.2, 0.25) is 0 Å². The summed E-state index contributed by atoms with van der Waals surface area (Å²) in [4.78, 5) is 25.6. The lowest BCUT2D eigenvalue weighted by Gasteiger charge is -2.23. The number of aliphatic carboxylic acids is 1. The van der Waals surface area contributed by atoms with Gasteiger partial charge in [-0.05, 0) is 21.7 Å². The molecule has 21 heavy (non-hydrogen) atoms. The Hall–Kier alpha value is -2.12. The van der Waals surface area contributed by atoms with Gasteiger partial charge in [0, 0.05) is 20.5 Å². The number of nitrogens with one attached hydrogen (secondary N) is 1. The van der Waals surface area contributed by atoms with Crippen molar-refractivity contribution >= 4 is 17.6 Å². The number of aromatic nitrogens is 2. The molecule has 8 heteroatoms. The van der Waals surface area contributed by atoms with Gasteiger partial charge in [0.1, 0.15) is 0 Å². The van der Waals surface area contributed by atoms with E-state index in [4.69, 9.17) is 0 Å². The normalized spacial score (nSPS) is 13.0. The van der Waals surface area contributed by atoms with Gasteiger partial charge in [-0.2, -0.15) is 0 Å². The Balaban J connectivity index is 2.91. The maximum Gasteiger partial charge on any atom is 0.406 e. The number of rotatable bonds is 6. The monoisotopic (exact) mass is 298 g/mol. The van der Waals surface area contributed by atoms with Crippen LogP contribution in [0.1, 0.15) is 33.0 Å². The van der Waals surface area contributed by atoms with Crippen LogP contribution in [0.3, 0.4) is 0 Å². The van der Waals surface area contributed by atoms with Crippen LogP contribution < -0.4 is 5.32 Å². The third-order valence-corrected chi connectivity index (χ3v) is 3.20. The van der Waals surface area contributed by atoms with Gasteiger partial charge in [-0.25, -0.2) is 0 Å². The second kappa shape index (κ2) is 6.11.